The minimum atomic E-state index is -1.08. The molecule has 0 unspecified atom stereocenters. The van der Waals surface area contributed by atoms with E-state index in [0.717, 1.165) is 0 Å². The van der Waals surface area contributed by atoms with Gasteiger partial charge in [0, 0.05) is 0 Å². The van der Waals surface area contributed by atoms with Gasteiger partial charge in [0.2, 0.25) is 0 Å². The van der Waals surface area contributed by atoms with Crippen LogP contribution in [0.15, 0.2) is 0 Å². The third kappa shape index (κ3) is 11.6. The molecule has 0 N–H and O–H groups in total. The Bertz CT molecular complexity index is 13.5. The molecular weight excluding hydrogens is 86.0 g/mol. The molecule has 4 heteroatoms. The first-order valence-electron chi connectivity index (χ1n) is 0.365. The van der Waals surface area contributed by atoms with Crippen molar-refractivity contribution in [1.29, 1.82) is 0 Å². The zero-order valence-corrected chi connectivity index (χ0v) is 5.16. The van der Waals surface area contributed by atoms with E-state index in [1.807, 2.05) is 0 Å². The van der Waals surface area contributed by atoms with E-state index in [4.69, 9.17) is 9.46 Å². The van der Waals surface area contributed by atoms with Crippen LogP contribution in [-0.4, -0.2) is 0 Å². The first-order valence-corrected chi connectivity index (χ1v) is 1.10. The largest absolute Gasteiger partial charge is 1.00 e. The minimum Gasteiger partial charge on any atom is -0.772 e. The summed E-state index contributed by atoms with van der Waals surface area (Å²) in [5.41, 5.74) is 0. The van der Waals surface area contributed by atoms with Gasteiger partial charge in [-0.1, -0.05) is 0 Å². The molecule has 0 aromatic heterocycles. The van der Waals surface area contributed by atoms with Crippen molar-refractivity contribution in [1.82, 2.24) is 0 Å². The Kier molecular flexibility index (Phi) is 19.9. The fraction of sp³-hybridized carbons (Fsp3) is 0. The normalized spacial score (nSPS) is 5.25. The van der Waals surface area contributed by atoms with E-state index in [-0.39, 0.29) is 29.6 Å². The Hall–Kier alpha value is 1.06. The zero-order valence-electron chi connectivity index (χ0n) is 2.26. The van der Waals surface area contributed by atoms with E-state index >= 15 is 0 Å². The molecule has 0 rings (SSSR count). The predicted octanol–water partition coefficient (Wildman–Crippen LogP) is -3.44. The van der Waals surface area contributed by atoms with E-state index in [1.165, 1.54) is 0 Å². The molecule has 0 aromatic carbocycles. The molecule has 0 saturated heterocycles. The standard InChI is InChI=1S/Na.HO2P/c;1-3-2/h;(H,1,2)/q+1;/p-1. The Morgan fingerprint density at radius 1 is 1.75 bits per heavy atom. The summed E-state index contributed by atoms with van der Waals surface area (Å²) >= 11 is 0. The Labute approximate surface area is 47.8 Å². The average molecular weight is 86.0 g/mol. The van der Waals surface area contributed by atoms with Gasteiger partial charge in [0.15, 0.2) is 0 Å². The summed E-state index contributed by atoms with van der Waals surface area (Å²) in [4.78, 5) is 8.35. The van der Waals surface area contributed by atoms with Gasteiger partial charge in [0.25, 0.3) is 0 Å². The second-order valence-corrected chi connectivity index (χ2v) is 0.224. The first kappa shape index (κ1) is 8.91. The van der Waals surface area contributed by atoms with Crippen LogP contribution in [0.4, 0.5) is 0 Å². The SMILES string of the molecule is O=P[O-].[Na+]. The quantitative estimate of drug-likeness (QED) is 0.227. The van der Waals surface area contributed by atoms with Gasteiger partial charge < -0.3 is 4.89 Å². The third-order valence-electron chi connectivity index (χ3n) is 0. The minimum absolute atomic E-state index is 0. The topological polar surface area (TPSA) is 40.1 Å². The molecule has 18 valence electrons. The van der Waals surface area contributed by atoms with E-state index in [9.17, 15) is 0 Å². The second-order valence-electron chi connectivity index (χ2n) is 0.0745. The fourth-order valence-electron chi connectivity index (χ4n) is 0. The van der Waals surface area contributed by atoms with Gasteiger partial charge >= 0.3 is 29.6 Å². The Morgan fingerprint density at radius 2 is 1.75 bits per heavy atom. The summed E-state index contributed by atoms with van der Waals surface area (Å²) < 4.78 is 8.35. The maximum absolute atomic E-state index is 8.35. The maximum atomic E-state index is 8.35. The molecule has 0 amide bonds. The molecule has 0 fully saturated rings. The average Bonchev–Trinajstić information content (AvgIpc) is 0.918. The molecular formula is NaO2P. The number of hydrogen-bond acceptors (Lipinski definition) is 2. The van der Waals surface area contributed by atoms with Crippen molar-refractivity contribution in [2.24, 2.45) is 0 Å². The van der Waals surface area contributed by atoms with Crippen molar-refractivity contribution < 1.29 is 39.0 Å². The fourth-order valence-corrected chi connectivity index (χ4v) is 0. The van der Waals surface area contributed by atoms with Crippen LogP contribution in [0.2, 0.25) is 0 Å². The number of rotatable bonds is 0. The predicted molar refractivity (Wildman–Crippen MR) is 7.61 cm³/mol. The summed E-state index contributed by atoms with van der Waals surface area (Å²) in [5.74, 6) is 0. The van der Waals surface area contributed by atoms with Crippen LogP contribution in [0.5, 0.6) is 0 Å². The van der Waals surface area contributed by atoms with Gasteiger partial charge in [-0.25, -0.2) is 0 Å². The van der Waals surface area contributed by atoms with Crippen LogP contribution in [0, 0.1) is 0 Å². The smallest absolute Gasteiger partial charge is 0.772 e. The van der Waals surface area contributed by atoms with Gasteiger partial charge in [-0.2, -0.15) is 0 Å². The summed E-state index contributed by atoms with van der Waals surface area (Å²) in [7, 11) is -1.08. The number of hydrogen-bond donors (Lipinski definition) is 0. The van der Waals surface area contributed by atoms with Crippen LogP contribution >= 0.6 is 8.69 Å². The molecule has 0 aromatic rings. The van der Waals surface area contributed by atoms with Gasteiger partial charge in [0.05, 0.1) is 8.69 Å². The first-order chi connectivity index (χ1) is 1.41. The van der Waals surface area contributed by atoms with Crippen molar-refractivity contribution in [2.75, 3.05) is 0 Å². The monoisotopic (exact) mass is 86.0 g/mol. The molecule has 4 heavy (non-hydrogen) atoms. The molecule has 0 saturated carbocycles. The van der Waals surface area contributed by atoms with Crippen LogP contribution in [-0.2, 0) is 4.57 Å². The van der Waals surface area contributed by atoms with Crippen LogP contribution in [0.1, 0.15) is 0 Å². The summed E-state index contributed by atoms with van der Waals surface area (Å²) in [6.45, 7) is 0. The molecule has 0 spiro atoms. The van der Waals surface area contributed by atoms with Crippen molar-refractivity contribution >= 4 is 8.69 Å². The third-order valence-corrected chi connectivity index (χ3v) is 0. The zero-order chi connectivity index (χ0) is 2.71. The summed E-state index contributed by atoms with van der Waals surface area (Å²) in [6.07, 6.45) is 0. The molecule has 0 atom stereocenters. The molecule has 0 aliphatic heterocycles. The van der Waals surface area contributed by atoms with E-state index in [0.29, 0.717) is 0 Å². The maximum Gasteiger partial charge on any atom is 1.00 e. The van der Waals surface area contributed by atoms with E-state index in [2.05, 4.69) is 0 Å². The summed E-state index contributed by atoms with van der Waals surface area (Å²) in [5, 5.41) is 0. The molecule has 0 aliphatic rings. The molecule has 0 heterocycles. The Morgan fingerprint density at radius 3 is 1.75 bits per heavy atom. The molecule has 0 bridgehead atoms. The Balaban J connectivity index is 0. The van der Waals surface area contributed by atoms with Crippen molar-refractivity contribution in [3.05, 3.63) is 0 Å². The van der Waals surface area contributed by atoms with Gasteiger partial charge in [-0.05, 0) is 0 Å². The van der Waals surface area contributed by atoms with Crippen LogP contribution < -0.4 is 34.5 Å². The summed E-state index contributed by atoms with van der Waals surface area (Å²) in [6, 6.07) is 0. The van der Waals surface area contributed by atoms with E-state index in [1.54, 1.807) is 0 Å². The van der Waals surface area contributed by atoms with Crippen molar-refractivity contribution in [3.63, 3.8) is 0 Å². The van der Waals surface area contributed by atoms with Crippen LogP contribution in [0.25, 0.3) is 0 Å². The van der Waals surface area contributed by atoms with Gasteiger partial charge in [0.1, 0.15) is 0 Å². The van der Waals surface area contributed by atoms with E-state index < -0.39 is 8.69 Å². The van der Waals surface area contributed by atoms with Crippen LogP contribution in [0.3, 0.4) is 0 Å². The van der Waals surface area contributed by atoms with Crippen molar-refractivity contribution in [3.8, 4) is 0 Å². The van der Waals surface area contributed by atoms with Gasteiger partial charge in [-0.3, -0.25) is 4.57 Å². The van der Waals surface area contributed by atoms with Gasteiger partial charge in [-0.15, -0.1) is 0 Å². The molecule has 0 aliphatic carbocycles. The van der Waals surface area contributed by atoms with Crippen molar-refractivity contribution in [2.45, 2.75) is 0 Å². The molecule has 2 nitrogen and oxygen atoms in total. The second kappa shape index (κ2) is 8.96. The molecule has 0 radical (unpaired) electrons.